The summed E-state index contributed by atoms with van der Waals surface area (Å²) in [5, 5.41) is 0. The zero-order valence-corrected chi connectivity index (χ0v) is 13.5. The van der Waals surface area contributed by atoms with Crippen LogP contribution in [0.5, 0.6) is 0 Å². The molecule has 0 rings (SSSR count). The van der Waals surface area contributed by atoms with E-state index in [4.69, 9.17) is 6.42 Å². The van der Waals surface area contributed by atoms with Gasteiger partial charge in [0, 0.05) is 12.0 Å². The van der Waals surface area contributed by atoms with E-state index >= 15 is 0 Å². The van der Waals surface area contributed by atoms with Crippen LogP contribution < -0.4 is 0 Å². The second-order valence-electron chi connectivity index (χ2n) is 6.01. The van der Waals surface area contributed by atoms with Crippen LogP contribution in [0.15, 0.2) is 12.2 Å². The van der Waals surface area contributed by atoms with Crippen molar-refractivity contribution in [1.29, 1.82) is 0 Å². The fourth-order valence-corrected chi connectivity index (χ4v) is 2.16. The summed E-state index contributed by atoms with van der Waals surface area (Å²) >= 11 is 0. The van der Waals surface area contributed by atoms with Gasteiger partial charge in [0.25, 0.3) is 0 Å². The van der Waals surface area contributed by atoms with Crippen LogP contribution in [0.1, 0.15) is 41.5 Å². The second-order valence-corrected chi connectivity index (χ2v) is 6.01. The molecule has 0 saturated heterocycles. The van der Waals surface area contributed by atoms with Gasteiger partial charge in [0.2, 0.25) is 0 Å². The molecule has 0 aliphatic rings. The minimum Gasteiger partial charge on any atom is -0.298 e. The highest BCUT2D eigenvalue weighted by atomic mass is 16.1. The molecule has 0 aliphatic heterocycles. The smallest absolute Gasteiger partial charge is 0.152 e. The van der Waals surface area contributed by atoms with Crippen molar-refractivity contribution >= 4 is 5.78 Å². The molecule has 2 heteroatoms. The molecule has 3 atom stereocenters. The summed E-state index contributed by atoms with van der Waals surface area (Å²) in [6.07, 6.45) is 9.00. The number of carbonyl (C=O) groups excluding carboxylic acids is 1. The fourth-order valence-electron chi connectivity index (χ4n) is 2.16. The molecule has 0 amide bonds. The molecule has 0 bridgehead atoms. The van der Waals surface area contributed by atoms with Crippen LogP contribution in [0.25, 0.3) is 0 Å². The van der Waals surface area contributed by atoms with Gasteiger partial charge in [-0.25, -0.2) is 0 Å². The quantitative estimate of drug-likeness (QED) is 0.656. The Morgan fingerprint density at radius 3 is 2.05 bits per heavy atom. The molecule has 0 fully saturated rings. The largest absolute Gasteiger partial charge is 0.298 e. The number of hydrogen-bond donors (Lipinski definition) is 0. The van der Waals surface area contributed by atoms with Gasteiger partial charge >= 0.3 is 0 Å². The Balaban J connectivity index is 5.19. The van der Waals surface area contributed by atoms with Crippen LogP contribution >= 0.6 is 0 Å². The van der Waals surface area contributed by atoms with Crippen LogP contribution in [-0.4, -0.2) is 29.8 Å². The van der Waals surface area contributed by atoms with Crippen LogP contribution in [-0.2, 0) is 4.79 Å². The zero-order chi connectivity index (χ0) is 15.2. The number of nitrogens with zero attached hydrogens (tertiary/aromatic N) is 1. The van der Waals surface area contributed by atoms with Gasteiger partial charge in [0.1, 0.15) is 0 Å². The highest BCUT2D eigenvalue weighted by Crippen LogP contribution is 2.24. The maximum atomic E-state index is 12.5. The number of rotatable bonds is 7. The monoisotopic (exact) mass is 263 g/mol. The Kier molecular flexibility index (Phi) is 7.71. The molecule has 0 aromatic carbocycles. The fraction of sp³-hybridized carbons (Fsp3) is 0.706. The second kappa shape index (κ2) is 8.17. The van der Waals surface area contributed by atoms with Crippen molar-refractivity contribution in [3.05, 3.63) is 12.2 Å². The Hall–Kier alpha value is -1.07. The number of hydrogen-bond acceptors (Lipinski definition) is 2. The molecule has 0 heterocycles. The third-order valence-electron chi connectivity index (χ3n) is 3.94. The van der Waals surface area contributed by atoms with Gasteiger partial charge in [-0.05, 0) is 38.8 Å². The minimum atomic E-state index is -0.0579. The molecule has 0 saturated carbocycles. The van der Waals surface area contributed by atoms with Gasteiger partial charge < -0.3 is 0 Å². The van der Waals surface area contributed by atoms with Crippen LogP contribution in [0, 0.1) is 30.1 Å². The first-order valence-electron chi connectivity index (χ1n) is 7.12. The Morgan fingerprint density at radius 2 is 1.68 bits per heavy atom. The van der Waals surface area contributed by atoms with E-state index < -0.39 is 0 Å². The average Bonchev–Trinajstić information content (AvgIpc) is 2.35. The standard InChI is InChI=1S/C17H29NO/c1-9-10-11-14(6)15(7)16(17(19)12(2)3)18(8)13(4)5/h1,10-16H,2-8H3/b11-10+/t14-,15-,16+/m1/s1. The number of Topliss-reactive ketones (excluding diaryl/α,β-unsaturated/α-hetero) is 1. The molecule has 0 aliphatic carbocycles. The van der Waals surface area contributed by atoms with E-state index in [0.717, 1.165) is 0 Å². The van der Waals surface area contributed by atoms with Gasteiger partial charge in [-0.3, -0.25) is 9.69 Å². The topological polar surface area (TPSA) is 20.3 Å². The van der Waals surface area contributed by atoms with Crippen molar-refractivity contribution in [2.45, 2.75) is 53.6 Å². The van der Waals surface area contributed by atoms with Gasteiger partial charge in [-0.1, -0.05) is 39.7 Å². The van der Waals surface area contributed by atoms with Crippen LogP contribution in [0.4, 0.5) is 0 Å². The maximum absolute atomic E-state index is 12.5. The molecular formula is C17H29NO. The lowest BCUT2D eigenvalue weighted by Gasteiger charge is -2.37. The summed E-state index contributed by atoms with van der Waals surface area (Å²) in [6.45, 7) is 12.4. The molecule has 108 valence electrons. The first kappa shape index (κ1) is 17.9. The predicted molar refractivity (Wildman–Crippen MR) is 82.8 cm³/mol. The molecule has 0 unspecified atom stereocenters. The van der Waals surface area contributed by atoms with Crippen LogP contribution in [0.2, 0.25) is 0 Å². The normalized spacial score (nSPS) is 16.9. The lowest BCUT2D eigenvalue weighted by atomic mass is 9.82. The van der Waals surface area contributed by atoms with E-state index in [2.05, 4.69) is 38.5 Å². The lowest BCUT2D eigenvalue weighted by molar-refractivity contribution is -0.129. The van der Waals surface area contributed by atoms with Gasteiger partial charge in [-0.2, -0.15) is 0 Å². The van der Waals surface area contributed by atoms with Crippen LogP contribution in [0.3, 0.4) is 0 Å². The van der Waals surface area contributed by atoms with Crippen molar-refractivity contribution in [2.75, 3.05) is 7.05 Å². The molecular weight excluding hydrogens is 234 g/mol. The Bertz CT molecular complexity index is 349. The molecule has 0 aromatic heterocycles. The third-order valence-corrected chi connectivity index (χ3v) is 3.94. The van der Waals surface area contributed by atoms with Crippen molar-refractivity contribution in [3.63, 3.8) is 0 Å². The van der Waals surface area contributed by atoms with E-state index in [0.29, 0.717) is 11.8 Å². The number of likely N-dealkylation sites (N-methyl/N-ethyl adjacent to an activating group) is 1. The summed E-state index contributed by atoms with van der Waals surface area (Å²) in [4.78, 5) is 14.7. The summed E-state index contributed by atoms with van der Waals surface area (Å²) in [5.41, 5.74) is 0. The Morgan fingerprint density at radius 1 is 1.16 bits per heavy atom. The van der Waals surface area contributed by atoms with Gasteiger partial charge in [0.15, 0.2) is 5.78 Å². The zero-order valence-electron chi connectivity index (χ0n) is 13.5. The molecule has 0 radical (unpaired) electrons. The van der Waals surface area contributed by atoms with E-state index in [1.165, 1.54) is 0 Å². The van der Waals surface area contributed by atoms with Crippen molar-refractivity contribution in [1.82, 2.24) is 4.90 Å². The van der Waals surface area contributed by atoms with Gasteiger partial charge in [-0.15, -0.1) is 6.42 Å². The van der Waals surface area contributed by atoms with E-state index in [-0.39, 0.29) is 23.8 Å². The molecule has 2 nitrogen and oxygen atoms in total. The van der Waals surface area contributed by atoms with Crippen molar-refractivity contribution in [3.8, 4) is 12.3 Å². The minimum absolute atomic E-state index is 0.0532. The molecule has 0 aromatic rings. The third kappa shape index (κ3) is 5.20. The highest BCUT2D eigenvalue weighted by molar-refractivity contribution is 5.86. The summed E-state index contributed by atoms with van der Waals surface area (Å²) in [6, 6.07) is 0.288. The van der Waals surface area contributed by atoms with Crippen molar-refractivity contribution < 1.29 is 4.79 Å². The SMILES string of the molecule is C#C/C=C/[C@@H](C)[C@@H](C)[C@@H](C(=O)C(C)C)N(C)C(C)C. The average molecular weight is 263 g/mol. The number of allylic oxidation sites excluding steroid dienone is 2. The lowest BCUT2D eigenvalue weighted by Crippen LogP contribution is -2.49. The van der Waals surface area contributed by atoms with E-state index in [1.807, 2.05) is 27.0 Å². The molecule has 19 heavy (non-hydrogen) atoms. The molecule has 0 spiro atoms. The Labute approximate surface area is 119 Å². The van der Waals surface area contributed by atoms with E-state index in [1.54, 1.807) is 6.08 Å². The number of carbonyl (C=O) groups is 1. The first-order chi connectivity index (χ1) is 8.73. The number of ketones is 1. The highest BCUT2D eigenvalue weighted by Gasteiger charge is 2.33. The van der Waals surface area contributed by atoms with Gasteiger partial charge in [0.05, 0.1) is 6.04 Å². The number of terminal acetylenes is 1. The summed E-state index contributed by atoms with van der Waals surface area (Å²) < 4.78 is 0. The first-order valence-corrected chi connectivity index (χ1v) is 7.12. The molecule has 0 N–H and O–H groups in total. The van der Waals surface area contributed by atoms with E-state index in [9.17, 15) is 4.79 Å². The predicted octanol–water partition coefficient (Wildman–Crippen LogP) is 3.38. The maximum Gasteiger partial charge on any atom is 0.152 e. The summed E-state index contributed by atoms with van der Waals surface area (Å²) in [5.74, 6) is 3.41. The summed E-state index contributed by atoms with van der Waals surface area (Å²) in [7, 11) is 2.03. The van der Waals surface area contributed by atoms with Crippen molar-refractivity contribution in [2.24, 2.45) is 17.8 Å².